The predicted molar refractivity (Wildman–Crippen MR) is 284 cm³/mol. The Bertz CT molecular complexity index is 2930. The number of fused-ring (bicyclic) bond motifs is 2. The van der Waals surface area contributed by atoms with E-state index >= 15 is 17.6 Å². The number of amides is 4. The van der Waals surface area contributed by atoms with Crippen molar-refractivity contribution in [2.75, 3.05) is 62.4 Å². The summed E-state index contributed by atoms with van der Waals surface area (Å²) in [5, 5.41) is 24.4. The average Bonchev–Trinajstić information content (AvgIpc) is 4.51. The fourth-order valence-electron chi connectivity index (χ4n) is 13.8. The summed E-state index contributed by atoms with van der Waals surface area (Å²) >= 11 is 0. The number of carbonyl (C=O) groups excluding carboxylic acids is 2. The number of nitrogens with zero attached hydrogens (tertiary/aromatic N) is 6. The third kappa shape index (κ3) is 10.8. The fourth-order valence-corrected chi connectivity index (χ4v) is 13.8. The molecule has 0 spiro atoms. The van der Waals surface area contributed by atoms with Gasteiger partial charge in [-0.05, 0) is 137 Å². The Balaban J connectivity index is 0.928. The normalized spacial score (nSPS) is 23.7. The van der Waals surface area contributed by atoms with Gasteiger partial charge in [-0.2, -0.15) is 0 Å². The number of aromatic nitrogens is 4. The van der Waals surface area contributed by atoms with Gasteiger partial charge in [-0.25, -0.2) is 37.1 Å². The van der Waals surface area contributed by atoms with E-state index in [0.29, 0.717) is 144 Å². The molecule has 3 aromatic carbocycles. The lowest BCUT2D eigenvalue weighted by Gasteiger charge is -2.40. The van der Waals surface area contributed by atoms with E-state index in [1.165, 1.54) is 24.3 Å². The smallest absolute Gasteiger partial charge is 0.405 e. The molecule has 6 atom stereocenters. The number of benzene rings is 3. The van der Waals surface area contributed by atoms with Crippen molar-refractivity contribution < 1.29 is 56.4 Å². The maximum Gasteiger partial charge on any atom is 0.405 e. The van der Waals surface area contributed by atoms with E-state index < -0.39 is 71.7 Å². The van der Waals surface area contributed by atoms with Gasteiger partial charge in [-0.1, -0.05) is 20.8 Å². The molecule has 6 N–H and O–H groups in total. The van der Waals surface area contributed by atoms with Gasteiger partial charge in [-0.3, -0.25) is 9.59 Å². The first-order chi connectivity index (χ1) is 37.9. The molecule has 6 aliphatic heterocycles. The SMILES string of the molecule is CC(C)(C)C1CCN(c2c(F)cc(N3[C@@H](c4cc5nc([C@@H]6CCCN6C(=O)[C@@H](NC(=O)O)C6CCOCC6)[nH]c5cc4F)CC[C@@H]3c3cc4nc([C@@H]5CCCN5C(=O)[C@@H](NC(=O)O)C5CCOCC5)[nH]c4cc3F)cc2F)CC1. The molecule has 6 saturated heterocycles. The first kappa shape index (κ1) is 54.3. The van der Waals surface area contributed by atoms with Gasteiger partial charge in [0.1, 0.15) is 41.1 Å². The second-order valence-corrected chi connectivity index (χ2v) is 23.6. The summed E-state index contributed by atoms with van der Waals surface area (Å²) in [6.45, 7) is 9.82. The van der Waals surface area contributed by atoms with E-state index in [4.69, 9.17) is 19.4 Å². The van der Waals surface area contributed by atoms with Crippen molar-refractivity contribution in [1.29, 1.82) is 0 Å². The van der Waals surface area contributed by atoms with Crippen LogP contribution in [0.5, 0.6) is 0 Å². The number of hydrogen-bond donors (Lipinski definition) is 6. The number of carboxylic acid groups (broad SMARTS) is 2. The summed E-state index contributed by atoms with van der Waals surface area (Å²) in [7, 11) is 0. The van der Waals surface area contributed by atoms with Crippen molar-refractivity contribution >= 4 is 57.4 Å². The highest BCUT2D eigenvalue weighted by Gasteiger charge is 2.44. The molecule has 79 heavy (non-hydrogen) atoms. The van der Waals surface area contributed by atoms with Crippen molar-refractivity contribution in [1.82, 2.24) is 40.4 Å². The molecule has 0 bridgehead atoms. The van der Waals surface area contributed by atoms with Crippen LogP contribution in [0.1, 0.15) is 145 Å². The number of anilines is 2. The van der Waals surface area contributed by atoms with Crippen LogP contribution in [0, 0.1) is 46.4 Å². The molecule has 0 radical (unpaired) electrons. The summed E-state index contributed by atoms with van der Waals surface area (Å²) in [5.74, 6) is -2.93. The number of carbonyl (C=O) groups is 4. The van der Waals surface area contributed by atoms with E-state index in [2.05, 4.69) is 41.4 Å². The zero-order chi connectivity index (χ0) is 55.4. The summed E-state index contributed by atoms with van der Waals surface area (Å²) in [6.07, 6.45) is 3.78. The zero-order valence-electron chi connectivity index (χ0n) is 44.8. The van der Waals surface area contributed by atoms with Gasteiger partial charge in [0.05, 0.1) is 46.2 Å². The van der Waals surface area contributed by atoms with Gasteiger partial charge in [0.2, 0.25) is 11.8 Å². The highest BCUT2D eigenvalue weighted by atomic mass is 19.1. The molecule has 4 amide bonds. The highest BCUT2D eigenvalue weighted by Crippen LogP contribution is 2.50. The molecular weight excluding hydrogens is 1030 g/mol. The Morgan fingerprint density at radius 1 is 0.582 bits per heavy atom. The first-order valence-electron chi connectivity index (χ1n) is 28.1. The van der Waals surface area contributed by atoms with Crippen molar-refractivity contribution in [2.45, 2.75) is 134 Å². The second kappa shape index (κ2) is 22.1. The molecule has 22 heteroatoms. The number of piperidine rings is 1. The molecule has 11 rings (SSSR count). The van der Waals surface area contributed by atoms with Gasteiger partial charge >= 0.3 is 12.2 Å². The van der Waals surface area contributed by atoms with Crippen LogP contribution in [0.4, 0.5) is 38.5 Å². The second-order valence-electron chi connectivity index (χ2n) is 23.6. The predicted octanol–water partition coefficient (Wildman–Crippen LogP) is 9.79. The largest absolute Gasteiger partial charge is 0.465 e. The third-order valence-corrected chi connectivity index (χ3v) is 17.9. The number of ether oxygens (including phenoxy) is 2. The van der Waals surface area contributed by atoms with Crippen LogP contribution in [-0.4, -0.2) is 129 Å². The van der Waals surface area contributed by atoms with Gasteiger partial charge < -0.3 is 59.9 Å². The van der Waals surface area contributed by atoms with Crippen LogP contribution in [0.25, 0.3) is 22.1 Å². The summed E-state index contributed by atoms with van der Waals surface area (Å²) < 4.78 is 78.6. The molecule has 18 nitrogen and oxygen atoms in total. The minimum Gasteiger partial charge on any atom is -0.465 e. The molecule has 2 aromatic heterocycles. The van der Waals surface area contributed by atoms with Crippen LogP contribution in [0.15, 0.2) is 36.4 Å². The quantitative estimate of drug-likeness (QED) is 0.0643. The molecule has 8 heterocycles. The molecule has 424 valence electrons. The van der Waals surface area contributed by atoms with Crippen LogP contribution < -0.4 is 20.4 Å². The van der Waals surface area contributed by atoms with Crippen LogP contribution in [0.3, 0.4) is 0 Å². The standard InChI is InChI=1S/C57H70F4N10O8/c1-57(2,3)32-10-18-68(19-11-32)50-38(60)24-33(25-39(50)61)71-44(34-26-40-42(28-36(34)58)64-51(62-40)46-6-4-16-69(46)53(72)48(66-55(74)75)30-12-20-78-21-13-30)8-9-45(71)35-27-41-43(29-37(35)59)65-52(63-41)47-7-5-17-70(47)54(73)49(67-56(76)77)31-14-22-79-23-15-31/h24-32,44-49,66-67H,4-23H2,1-3H3,(H,62,64)(H,63,65)(H,74,75)(H,76,77)/t44-,45-,46+,47+,48+,49+/m1/s1. The Labute approximate surface area is 454 Å². The fraction of sp³-hybridized carbons (Fsp3) is 0.579. The average molecular weight is 1100 g/mol. The molecular formula is C57H70F4N10O8. The number of rotatable bonds is 12. The molecule has 5 aromatic rings. The molecule has 6 aliphatic rings. The van der Waals surface area contributed by atoms with Gasteiger partial charge in [-0.15, -0.1) is 0 Å². The minimum absolute atomic E-state index is 0.0365. The number of halogens is 4. The number of nitrogens with one attached hydrogen (secondary N) is 4. The topological polar surface area (TPSA) is 222 Å². The number of H-pyrrole nitrogens is 2. The van der Waals surface area contributed by atoms with Crippen molar-refractivity contribution in [2.24, 2.45) is 23.2 Å². The van der Waals surface area contributed by atoms with Crippen molar-refractivity contribution in [3.8, 4) is 0 Å². The lowest BCUT2D eigenvalue weighted by atomic mass is 9.75. The van der Waals surface area contributed by atoms with Crippen LogP contribution in [0.2, 0.25) is 0 Å². The molecule has 0 saturated carbocycles. The van der Waals surface area contributed by atoms with E-state index in [-0.39, 0.29) is 64.4 Å². The molecule has 0 aliphatic carbocycles. The Hall–Kier alpha value is -6.68. The number of hydrogen-bond acceptors (Lipinski definition) is 10. The van der Waals surface area contributed by atoms with Crippen LogP contribution in [-0.2, 0) is 19.1 Å². The van der Waals surface area contributed by atoms with Crippen molar-refractivity contribution in [3.63, 3.8) is 0 Å². The first-order valence-corrected chi connectivity index (χ1v) is 28.1. The number of imidazole rings is 2. The summed E-state index contributed by atoms with van der Waals surface area (Å²) in [4.78, 5) is 75.3. The van der Waals surface area contributed by atoms with E-state index in [1.807, 2.05) is 0 Å². The molecule has 6 fully saturated rings. The Morgan fingerprint density at radius 3 is 1.42 bits per heavy atom. The lowest BCUT2D eigenvalue weighted by Crippen LogP contribution is -2.52. The maximum absolute atomic E-state index is 17.0. The summed E-state index contributed by atoms with van der Waals surface area (Å²) in [6, 6.07) is 3.49. The van der Waals surface area contributed by atoms with Gasteiger partial charge in [0, 0.05) is 69.4 Å². The number of aromatic amines is 2. The van der Waals surface area contributed by atoms with Crippen molar-refractivity contribution in [3.05, 3.63) is 82.4 Å². The zero-order valence-corrected chi connectivity index (χ0v) is 44.8. The Morgan fingerprint density at radius 2 is 1.01 bits per heavy atom. The van der Waals surface area contributed by atoms with E-state index in [9.17, 15) is 29.4 Å². The minimum atomic E-state index is -1.30. The third-order valence-electron chi connectivity index (χ3n) is 17.9. The molecule has 0 unspecified atom stereocenters. The Kier molecular flexibility index (Phi) is 15.2. The maximum atomic E-state index is 17.0. The summed E-state index contributed by atoms with van der Waals surface area (Å²) in [5.41, 5.74) is 1.75. The van der Waals surface area contributed by atoms with Gasteiger partial charge in [0.25, 0.3) is 0 Å². The van der Waals surface area contributed by atoms with E-state index in [1.54, 1.807) is 31.7 Å². The monoisotopic (exact) mass is 1100 g/mol. The van der Waals surface area contributed by atoms with Gasteiger partial charge in [0.15, 0.2) is 11.6 Å². The lowest BCUT2D eigenvalue weighted by molar-refractivity contribution is -0.137. The van der Waals surface area contributed by atoms with E-state index in [0.717, 1.165) is 12.8 Å². The number of likely N-dealkylation sites (tertiary alicyclic amines) is 2. The van der Waals surface area contributed by atoms with Crippen LogP contribution >= 0.6 is 0 Å². The highest BCUT2D eigenvalue weighted by molar-refractivity contribution is 5.87.